The average Bonchev–Trinajstić information content (AvgIpc) is 3.14. The molecule has 1 aromatic rings. The van der Waals surface area contributed by atoms with Gasteiger partial charge in [-0.1, -0.05) is 0 Å². The van der Waals surface area contributed by atoms with E-state index in [0.29, 0.717) is 18.0 Å². The molecule has 1 aliphatic heterocycles. The first-order valence-corrected chi connectivity index (χ1v) is 10.7. The van der Waals surface area contributed by atoms with Gasteiger partial charge in [-0.2, -0.15) is 0 Å². The predicted molar refractivity (Wildman–Crippen MR) is 118 cm³/mol. The molecule has 1 fully saturated rings. The van der Waals surface area contributed by atoms with Gasteiger partial charge < -0.3 is 15.5 Å². The van der Waals surface area contributed by atoms with Crippen LogP contribution in [-0.4, -0.2) is 62.7 Å². The number of hydrogen-bond donors (Lipinski definition) is 2. The molecular formula is C22H37F2N5. The second-order valence-electron chi connectivity index (χ2n) is 8.36. The Kier molecular flexibility index (Phi) is 9.14. The van der Waals surface area contributed by atoms with Crippen molar-refractivity contribution in [3.8, 4) is 0 Å². The third-order valence-corrected chi connectivity index (χ3v) is 5.55. The molecule has 0 spiro atoms. The zero-order chi connectivity index (χ0) is 21.4. The highest BCUT2D eigenvalue weighted by Crippen LogP contribution is 2.24. The van der Waals surface area contributed by atoms with Crippen LogP contribution in [0.4, 0.5) is 14.5 Å². The maximum absolute atomic E-state index is 13.5. The molecule has 0 aliphatic carbocycles. The average molecular weight is 410 g/mol. The Morgan fingerprint density at radius 2 is 1.90 bits per heavy atom. The summed E-state index contributed by atoms with van der Waals surface area (Å²) in [7, 11) is 1.78. The Balaban J connectivity index is 1.71. The number of anilines is 1. The molecule has 1 aromatic carbocycles. The van der Waals surface area contributed by atoms with Crippen LogP contribution in [0.5, 0.6) is 0 Å². The van der Waals surface area contributed by atoms with E-state index in [1.807, 2.05) is 0 Å². The molecule has 5 nitrogen and oxygen atoms in total. The van der Waals surface area contributed by atoms with Crippen molar-refractivity contribution in [3.05, 3.63) is 29.8 Å². The summed E-state index contributed by atoms with van der Waals surface area (Å²) < 4.78 is 26.6. The molecule has 0 aromatic heterocycles. The molecule has 0 amide bonds. The topological polar surface area (TPSA) is 42.9 Å². The summed E-state index contributed by atoms with van der Waals surface area (Å²) in [5.41, 5.74) is 0.744. The van der Waals surface area contributed by atoms with Crippen LogP contribution in [0.2, 0.25) is 0 Å². The van der Waals surface area contributed by atoms with Crippen LogP contribution in [0, 0.1) is 17.6 Å². The predicted octanol–water partition coefficient (Wildman–Crippen LogP) is 3.47. The molecule has 1 unspecified atom stereocenters. The minimum Gasteiger partial charge on any atom is -0.371 e. The quantitative estimate of drug-likeness (QED) is 0.372. The van der Waals surface area contributed by atoms with Crippen molar-refractivity contribution in [2.24, 2.45) is 10.9 Å². The lowest BCUT2D eigenvalue weighted by molar-refractivity contribution is 0.173. The van der Waals surface area contributed by atoms with Crippen molar-refractivity contribution >= 4 is 11.6 Å². The van der Waals surface area contributed by atoms with E-state index in [1.165, 1.54) is 12.1 Å². The van der Waals surface area contributed by atoms with E-state index in [9.17, 15) is 8.78 Å². The lowest BCUT2D eigenvalue weighted by Crippen LogP contribution is -2.42. The summed E-state index contributed by atoms with van der Waals surface area (Å²) in [4.78, 5) is 8.91. The molecule has 0 saturated carbocycles. The van der Waals surface area contributed by atoms with Crippen LogP contribution in [0.3, 0.4) is 0 Å². The van der Waals surface area contributed by atoms with Crippen LogP contribution < -0.4 is 15.5 Å². The molecule has 1 heterocycles. The number of aliphatic imine (C=N–C) groups is 1. The van der Waals surface area contributed by atoms with Gasteiger partial charge in [-0.05, 0) is 58.6 Å². The molecule has 7 heteroatoms. The number of halogens is 2. The van der Waals surface area contributed by atoms with Gasteiger partial charge in [0.25, 0.3) is 0 Å². The van der Waals surface area contributed by atoms with Gasteiger partial charge in [0.2, 0.25) is 0 Å². The monoisotopic (exact) mass is 409 g/mol. The van der Waals surface area contributed by atoms with E-state index < -0.39 is 11.6 Å². The highest BCUT2D eigenvalue weighted by molar-refractivity contribution is 5.79. The largest absolute Gasteiger partial charge is 0.371 e. The zero-order valence-corrected chi connectivity index (χ0v) is 18.5. The fourth-order valence-corrected chi connectivity index (χ4v) is 3.96. The van der Waals surface area contributed by atoms with Crippen LogP contribution >= 0.6 is 0 Å². The van der Waals surface area contributed by atoms with Crippen molar-refractivity contribution in [2.45, 2.75) is 52.6 Å². The normalized spacial score (nSPS) is 17.7. The first-order valence-electron chi connectivity index (χ1n) is 10.7. The van der Waals surface area contributed by atoms with Crippen molar-refractivity contribution in [1.29, 1.82) is 0 Å². The first kappa shape index (κ1) is 23.4. The summed E-state index contributed by atoms with van der Waals surface area (Å²) in [5.74, 6) is -0.330. The molecular weight excluding hydrogens is 372 g/mol. The zero-order valence-electron chi connectivity index (χ0n) is 18.5. The number of benzene rings is 1. The molecule has 2 N–H and O–H groups in total. The lowest BCUT2D eigenvalue weighted by Gasteiger charge is -2.30. The summed E-state index contributed by atoms with van der Waals surface area (Å²) in [6.45, 7) is 13.4. The van der Waals surface area contributed by atoms with Gasteiger partial charge in [0.05, 0.1) is 0 Å². The highest BCUT2D eigenvalue weighted by atomic mass is 19.2. The van der Waals surface area contributed by atoms with Gasteiger partial charge in [-0.3, -0.25) is 9.89 Å². The van der Waals surface area contributed by atoms with E-state index >= 15 is 0 Å². The van der Waals surface area contributed by atoms with Crippen molar-refractivity contribution in [1.82, 2.24) is 15.5 Å². The smallest absolute Gasteiger partial charge is 0.190 e. The highest BCUT2D eigenvalue weighted by Gasteiger charge is 2.23. The second-order valence-corrected chi connectivity index (χ2v) is 8.36. The van der Waals surface area contributed by atoms with E-state index in [2.05, 4.69) is 53.1 Å². The molecule has 29 heavy (non-hydrogen) atoms. The fraction of sp³-hybridized carbons (Fsp3) is 0.682. The Labute approximate surface area is 174 Å². The second kappa shape index (κ2) is 11.3. The van der Waals surface area contributed by atoms with Gasteiger partial charge in [0, 0.05) is 63.6 Å². The molecule has 164 valence electrons. The number of hydrogen-bond acceptors (Lipinski definition) is 3. The Hall–Kier alpha value is -1.89. The van der Waals surface area contributed by atoms with Crippen molar-refractivity contribution in [3.63, 3.8) is 0 Å². The first-order chi connectivity index (χ1) is 13.8. The molecule has 2 rings (SSSR count). The summed E-state index contributed by atoms with van der Waals surface area (Å²) in [6, 6.07) is 5.22. The van der Waals surface area contributed by atoms with E-state index in [0.717, 1.165) is 57.2 Å². The Morgan fingerprint density at radius 3 is 2.52 bits per heavy atom. The number of rotatable bonds is 9. The van der Waals surface area contributed by atoms with Crippen LogP contribution in [0.15, 0.2) is 23.2 Å². The van der Waals surface area contributed by atoms with E-state index in [4.69, 9.17) is 0 Å². The van der Waals surface area contributed by atoms with Crippen molar-refractivity contribution in [2.75, 3.05) is 44.7 Å². The molecule has 0 bridgehead atoms. The molecule has 1 aliphatic rings. The van der Waals surface area contributed by atoms with Gasteiger partial charge in [-0.15, -0.1) is 0 Å². The van der Waals surface area contributed by atoms with Crippen LogP contribution in [0.25, 0.3) is 0 Å². The minimum atomic E-state index is -0.800. The standard InChI is InChI=1S/C22H37F2N5/c1-16(2)29(17(3)4)11-6-10-26-22(25-5)27-14-18-9-12-28(15-18)19-7-8-20(23)21(24)13-19/h7-8,13,16-18H,6,9-12,14-15H2,1-5H3,(H2,25,26,27). The van der Waals surface area contributed by atoms with Crippen LogP contribution in [-0.2, 0) is 0 Å². The molecule has 1 saturated heterocycles. The maximum Gasteiger partial charge on any atom is 0.190 e. The van der Waals surface area contributed by atoms with Gasteiger partial charge in [-0.25, -0.2) is 8.78 Å². The van der Waals surface area contributed by atoms with Gasteiger partial charge in [0.1, 0.15) is 0 Å². The van der Waals surface area contributed by atoms with E-state index in [-0.39, 0.29) is 0 Å². The number of guanidine groups is 1. The summed E-state index contributed by atoms with van der Waals surface area (Å²) in [6.07, 6.45) is 2.07. The molecule has 1 atom stereocenters. The summed E-state index contributed by atoms with van der Waals surface area (Å²) in [5, 5.41) is 6.79. The van der Waals surface area contributed by atoms with E-state index in [1.54, 1.807) is 13.1 Å². The van der Waals surface area contributed by atoms with Crippen LogP contribution in [0.1, 0.15) is 40.5 Å². The third kappa shape index (κ3) is 7.14. The minimum absolute atomic E-state index is 0.444. The third-order valence-electron chi connectivity index (χ3n) is 5.55. The summed E-state index contributed by atoms with van der Waals surface area (Å²) >= 11 is 0. The fourth-order valence-electron chi connectivity index (χ4n) is 3.96. The molecule has 0 radical (unpaired) electrons. The van der Waals surface area contributed by atoms with Gasteiger partial charge in [0.15, 0.2) is 17.6 Å². The Bertz CT molecular complexity index is 655. The SMILES string of the molecule is CN=C(NCCCN(C(C)C)C(C)C)NCC1CCN(c2ccc(F)c(F)c2)C1. The maximum atomic E-state index is 13.5. The lowest BCUT2D eigenvalue weighted by atomic mass is 10.1. The van der Waals surface area contributed by atoms with Crippen molar-refractivity contribution < 1.29 is 8.78 Å². The number of nitrogens with one attached hydrogen (secondary N) is 2. The van der Waals surface area contributed by atoms with Gasteiger partial charge >= 0.3 is 0 Å². The Morgan fingerprint density at radius 1 is 1.17 bits per heavy atom. The number of nitrogens with zero attached hydrogens (tertiary/aromatic N) is 3.